The lowest BCUT2D eigenvalue weighted by Gasteiger charge is -2.13. The van der Waals surface area contributed by atoms with E-state index in [1.54, 1.807) is 12.1 Å². The first-order valence-electron chi connectivity index (χ1n) is 12.8. The van der Waals surface area contributed by atoms with E-state index in [9.17, 15) is 4.79 Å². The maximum absolute atomic E-state index is 12.6. The molecule has 0 unspecified atom stereocenters. The summed E-state index contributed by atoms with van der Waals surface area (Å²) in [5.41, 5.74) is 2.51. The van der Waals surface area contributed by atoms with Gasteiger partial charge in [0.05, 0.1) is 12.0 Å². The SMILES string of the molecule is CN(C)c1ccc(-c2cc(=O)c3ccc(OCCCCCCCCN4CCCC4)cc3o2)cc1. The van der Waals surface area contributed by atoms with Gasteiger partial charge >= 0.3 is 0 Å². The van der Waals surface area contributed by atoms with E-state index < -0.39 is 0 Å². The lowest BCUT2D eigenvalue weighted by Crippen LogP contribution is -2.20. The fourth-order valence-corrected chi connectivity index (χ4v) is 4.63. The maximum atomic E-state index is 12.6. The second-order valence-corrected chi connectivity index (χ2v) is 9.59. The van der Waals surface area contributed by atoms with Crippen LogP contribution in [0.15, 0.2) is 57.7 Å². The Morgan fingerprint density at radius 3 is 2.32 bits per heavy atom. The molecule has 0 radical (unpaired) electrons. The third-order valence-corrected chi connectivity index (χ3v) is 6.70. The molecule has 5 heteroatoms. The number of rotatable bonds is 12. The van der Waals surface area contributed by atoms with Gasteiger partial charge in [0.25, 0.3) is 0 Å². The van der Waals surface area contributed by atoms with Crippen LogP contribution in [0.5, 0.6) is 5.75 Å². The van der Waals surface area contributed by atoms with Gasteiger partial charge in [-0.05, 0) is 81.7 Å². The van der Waals surface area contributed by atoms with Crippen LogP contribution in [0.2, 0.25) is 0 Å². The summed E-state index contributed by atoms with van der Waals surface area (Å²) in [5, 5.41) is 0.579. The van der Waals surface area contributed by atoms with Gasteiger partial charge in [0.1, 0.15) is 17.1 Å². The molecule has 182 valence electrons. The van der Waals surface area contributed by atoms with Crippen LogP contribution in [0.1, 0.15) is 51.4 Å². The molecule has 1 aliphatic rings. The number of hydrogen-bond donors (Lipinski definition) is 0. The van der Waals surface area contributed by atoms with Gasteiger partial charge in [-0.2, -0.15) is 0 Å². The summed E-state index contributed by atoms with van der Waals surface area (Å²) in [7, 11) is 4.01. The van der Waals surface area contributed by atoms with Crippen molar-refractivity contribution >= 4 is 16.7 Å². The van der Waals surface area contributed by atoms with Crippen LogP contribution in [-0.2, 0) is 0 Å². The van der Waals surface area contributed by atoms with E-state index in [-0.39, 0.29) is 5.43 Å². The van der Waals surface area contributed by atoms with E-state index >= 15 is 0 Å². The van der Waals surface area contributed by atoms with Gasteiger partial charge < -0.3 is 19.0 Å². The van der Waals surface area contributed by atoms with E-state index in [1.807, 2.05) is 55.4 Å². The highest BCUT2D eigenvalue weighted by Crippen LogP contribution is 2.26. The first-order valence-corrected chi connectivity index (χ1v) is 12.8. The lowest BCUT2D eigenvalue weighted by atomic mass is 10.1. The van der Waals surface area contributed by atoms with Gasteiger partial charge in [-0.15, -0.1) is 0 Å². The number of hydrogen-bond acceptors (Lipinski definition) is 5. The summed E-state index contributed by atoms with van der Waals surface area (Å²) in [4.78, 5) is 17.3. The zero-order valence-electron chi connectivity index (χ0n) is 20.7. The quantitative estimate of drug-likeness (QED) is 0.294. The Hall–Kier alpha value is -2.79. The molecule has 1 aliphatic heterocycles. The molecule has 1 saturated heterocycles. The van der Waals surface area contributed by atoms with Gasteiger partial charge in [0, 0.05) is 37.5 Å². The van der Waals surface area contributed by atoms with Crippen molar-refractivity contribution in [3.8, 4) is 17.1 Å². The predicted octanol–water partition coefficient (Wildman–Crippen LogP) is 6.34. The van der Waals surface area contributed by atoms with E-state index in [0.29, 0.717) is 23.3 Å². The Kier molecular flexibility index (Phi) is 8.64. The maximum Gasteiger partial charge on any atom is 0.193 e. The van der Waals surface area contributed by atoms with Crippen molar-refractivity contribution in [2.75, 3.05) is 45.2 Å². The highest BCUT2D eigenvalue weighted by Gasteiger charge is 2.10. The second kappa shape index (κ2) is 12.1. The van der Waals surface area contributed by atoms with Crippen molar-refractivity contribution in [2.45, 2.75) is 51.4 Å². The fourth-order valence-electron chi connectivity index (χ4n) is 4.63. The number of nitrogens with zero attached hydrogens (tertiary/aromatic N) is 2. The molecule has 34 heavy (non-hydrogen) atoms. The number of benzene rings is 2. The van der Waals surface area contributed by atoms with Crippen LogP contribution >= 0.6 is 0 Å². The molecule has 0 aliphatic carbocycles. The Labute approximate surface area is 203 Å². The van der Waals surface area contributed by atoms with Gasteiger partial charge in [-0.3, -0.25) is 4.79 Å². The molecule has 1 aromatic heterocycles. The molecular weight excluding hydrogens is 424 g/mol. The van der Waals surface area contributed by atoms with Crippen molar-refractivity contribution in [1.29, 1.82) is 0 Å². The van der Waals surface area contributed by atoms with Gasteiger partial charge in [0.2, 0.25) is 0 Å². The zero-order valence-corrected chi connectivity index (χ0v) is 20.7. The first kappa shape index (κ1) is 24.3. The van der Waals surface area contributed by atoms with Gasteiger partial charge in [0.15, 0.2) is 5.43 Å². The van der Waals surface area contributed by atoms with Crippen molar-refractivity contribution in [3.63, 3.8) is 0 Å². The Morgan fingerprint density at radius 1 is 0.882 bits per heavy atom. The number of likely N-dealkylation sites (tertiary alicyclic amines) is 1. The molecule has 0 saturated carbocycles. The third kappa shape index (κ3) is 6.63. The molecule has 5 nitrogen and oxygen atoms in total. The molecule has 0 N–H and O–H groups in total. The Morgan fingerprint density at radius 2 is 1.59 bits per heavy atom. The second-order valence-electron chi connectivity index (χ2n) is 9.59. The minimum atomic E-state index is -0.0378. The summed E-state index contributed by atoms with van der Waals surface area (Å²) in [6, 6.07) is 15.1. The lowest BCUT2D eigenvalue weighted by molar-refractivity contribution is 0.302. The summed E-state index contributed by atoms with van der Waals surface area (Å²) in [5.74, 6) is 1.33. The highest BCUT2D eigenvalue weighted by atomic mass is 16.5. The Bertz CT molecular complexity index is 1100. The van der Waals surface area contributed by atoms with Crippen LogP contribution in [0.3, 0.4) is 0 Å². The van der Waals surface area contributed by atoms with Crippen molar-refractivity contribution < 1.29 is 9.15 Å². The average molecular weight is 463 g/mol. The number of ether oxygens (including phenoxy) is 1. The van der Waals surface area contributed by atoms with E-state index in [4.69, 9.17) is 9.15 Å². The van der Waals surface area contributed by atoms with E-state index in [2.05, 4.69) is 4.90 Å². The molecule has 2 heterocycles. The topological polar surface area (TPSA) is 45.9 Å². The molecule has 0 amide bonds. The fraction of sp³-hybridized carbons (Fsp3) is 0.483. The standard InChI is InChI=1S/C29H38N2O3/c1-30(2)24-13-11-23(12-14-24)28-22-27(32)26-16-15-25(21-29(26)34-28)33-20-10-6-4-3-5-7-17-31-18-8-9-19-31/h11-16,21-22H,3-10,17-20H2,1-2H3. The minimum absolute atomic E-state index is 0.0378. The van der Waals surface area contributed by atoms with Gasteiger partial charge in [-0.1, -0.05) is 25.7 Å². The summed E-state index contributed by atoms with van der Waals surface area (Å²) in [6.07, 6.45) is 10.3. The summed E-state index contributed by atoms with van der Waals surface area (Å²) >= 11 is 0. The van der Waals surface area contributed by atoms with Crippen LogP contribution in [-0.4, -0.2) is 45.2 Å². The molecular formula is C29H38N2O3. The van der Waals surface area contributed by atoms with Crippen LogP contribution in [0.25, 0.3) is 22.3 Å². The molecule has 0 spiro atoms. The minimum Gasteiger partial charge on any atom is -0.493 e. The first-order chi connectivity index (χ1) is 16.6. The third-order valence-electron chi connectivity index (χ3n) is 6.70. The summed E-state index contributed by atoms with van der Waals surface area (Å²) in [6.45, 7) is 4.58. The van der Waals surface area contributed by atoms with Crippen molar-refractivity contribution in [2.24, 2.45) is 0 Å². The van der Waals surface area contributed by atoms with Crippen LogP contribution in [0, 0.1) is 0 Å². The summed E-state index contributed by atoms with van der Waals surface area (Å²) < 4.78 is 12.1. The Balaban J connectivity index is 1.25. The van der Waals surface area contributed by atoms with E-state index in [1.165, 1.54) is 64.6 Å². The number of fused-ring (bicyclic) bond motifs is 1. The molecule has 4 rings (SSSR count). The molecule has 0 bridgehead atoms. The van der Waals surface area contributed by atoms with Crippen molar-refractivity contribution in [3.05, 3.63) is 58.8 Å². The monoisotopic (exact) mass is 462 g/mol. The molecule has 0 atom stereocenters. The molecule has 3 aromatic rings. The zero-order chi connectivity index (χ0) is 23.8. The van der Waals surface area contributed by atoms with Gasteiger partial charge in [-0.25, -0.2) is 0 Å². The average Bonchev–Trinajstić information content (AvgIpc) is 3.36. The smallest absolute Gasteiger partial charge is 0.193 e. The predicted molar refractivity (Wildman–Crippen MR) is 141 cm³/mol. The largest absolute Gasteiger partial charge is 0.493 e. The molecule has 1 fully saturated rings. The molecule has 2 aromatic carbocycles. The van der Waals surface area contributed by atoms with Crippen LogP contribution < -0.4 is 15.1 Å². The van der Waals surface area contributed by atoms with E-state index in [0.717, 1.165) is 23.4 Å². The number of unbranched alkanes of at least 4 members (excludes halogenated alkanes) is 5. The van der Waals surface area contributed by atoms with Crippen LogP contribution in [0.4, 0.5) is 5.69 Å². The number of anilines is 1. The van der Waals surface area contributed by atoms with Crippen molar-refractivity contribution in [1.82, 2.24) is 4.90 Å². The normalized spacial score (nSPS) is 14.1. The highest BCUT2D eigenvalue weighted by molar-refractivity contribution is 5.80.